The highest BCUT2D eigenvalue weighted by atomic mass is 16.5. The van der Waals surface area contributed by atoms with Crippen molar-refractivity contribution in [3.8, 4) is 0 Å². The minimum Gasteiger partial charge on any atom is -0.462 e. The van der Waals surface area contributed by atoms with E-state index in [1.54, 1.807) is 24.3 Å². The van der Waals surface area contributed by atoms with Crippen LogP contribution < -0.4 is 0 Å². The van der Waals surface area contributed by atoms with Gasteiger partial charge in [-0.3, -0.25) is 0 Å². The summed E-state index contributed by atoms with van der Waals surface area (Å²) in [7, 11) is 0. The molecule has 4 nitrogen and oxygen atoms in total. The molecule has 1 aromatic carbocycles. The largest absolute Gasteiger partial charge is 0.462 e. The highest BCUT2D eigenvalue weighted by molar-refractivity contribution is 6.03. The summed E-state index contributed by atoms with van der Waals surface area (Å²) in [6, 6.07) is 6.62. The van der Waals surface area contributed by atoms with Crippen LogP contribution in [-0.2, 0) is 9.47 Å². The lowest BCUT2D eigenvalue weighted by atomic mass is 10.1. The Kier molecular flexibility index (Phi) is 7.64. The molecule has 0 N–H and O–H groups in total. The average Bonchev–Trinajstić information content (AvgIpc) is 2.51. The smallest absolute Gasteiger partial charge is 0.339 e. The number of carbonyl (C=O) groups is 2. The number of rotatable bonds is 8. The standard InChI is InChI=1S/C18H26O4/c1-5-6-9-12-21-17(19)15-10-7-8-11-16(15)18(20)22-14(4)13(2)3/h7-8,10-11,13-14H,5-6,9,12H2,1-4H3. The van der Waals surface area contributed by atoms with Crippen molar-refractivity contribution in [2.45, 2.75) is 53.1 Å². The van der Waals surface area contributed by atoms with Gasteiger partial charge in [-0.05, 0) is 31.4 Å². The second-order valence-electron chi connectivity index (χ2n) is 5.74. The van der Waals surface area contributed by atoms with Crippen molar-refractivity contribution in [1.29, 1.82) is 0 Å². The minimum atomic E-state index is -0.484. The van der Waals surface area contributed by atoms with Gasteiger partial charge >= 0.3 is 11.9 Å². The maximum Gasteiger partial charge on any atom is 0.339 e. The Morgan fingerprint density at radius 3 is 2.14 bits per heavy atom. The lowest BCUT2D eigenvalue weighted by Gasteiger charge is -2.17. The van der Waals surface area contributed by atoms with Gasteiger partial charge in [0, 0.05) is 0 Å². The molecule has 0 saturated carbocycles. The van der Waals surface area contributed by atoms with Crippen LogP contribution >= 0.6 is 0 Å². The highest BCUT2D eigenvalue weighted by Crippen LogP contribution is 2.15. The molecule has 0 fully saturated rings. The quantitative estimate of drug-likeness (QED) is 0.532. The Labute approximate surface area is 132 Å². The van der Waals surface area contributed by atoms with Gasteiger partial charge in [0.25, 0.3) is 0 Å². The fourth-order valence-corrected chi connectivity index (χ4v) is 1.80. The molecule has 0 aromatic heterocycles. The van der Waals surface area contributed by atoms with Gasteiger partial charge in [-0.1, -0.05) is 45.7 Å². The van der Waals surface area contributed by atoms with E-state index in [4.69, 9.17) is 9.47 Å². The van der Waals surface area contributed by atoms with Crippen molar-refractivity contribution in [1.82, 2.24) is 0 Å². The van der Waals surface area contributed by atoms with Crippen LogP contribution in [0.2, 0.25) is 0 Å². The van der Waals surface area contributed by atoms with Crippen LogP contribution in [0.1, 0.15) is 67.7 Å². The van der Waals surface area contributed by atoms with Crippen LogP contribution in [0.15, 0.2) is 24.3 Å². The molecule has 0 bridgehead atoms. The number of carbonyl (C=O) groups excluding carboxylic acids is 2. The summed E-state index contributed by atoms with van der Waals surface area (Å²) in [6.07, 6.45) is 2.71. The van der Waals surface area contributed by atoms with E-state index in [1.165, 1.54) is 0 Å². The summed E-state index contributed by atoms with van der Waals surface area (Å²) in [5.41, 5.74) is 0.524. The summed E-state index contributed by atoms with van der Waals surface area (Å²) >= 11 is 0. The summed E-state index contributed by atoms with van der Waals surface area (Å²) in [5, 5.41) is 0. The van der Waals surface area contributed by atoms with Gasteiger partial charge < -0.3 is 9.47 Å². The zero-order chi connectivity index (χ0) is 16.5. The molecule has 0 heterocycles. The molecule has 122 valence electrons. The number of hydrogen-bond donors (Lipinski definition) is 0. The van der Waals surface area contributed by atoms with E-state index >= 15 is 0 Å². The van der Waals surface area contributed by atoms with Crippen LogP contribution in [0.4, 0.5) is 0 Å². The van der Waals surface area contributed by atoms with E-state index in [1.807, 2.05) is 20.8 Å². The second kappa shape index (κ2) is 9.23. The highest BCUT2D eigenvalue weighted by Gasteiger charge is 2.21. The van der Waals surface area contributed by atoms with Crippen molar-refractivity contribution >= 4 is 11.9 Å². The van der Waals surface area contributed by atoms with Crippen LogP contribution in [0, 0.1) is 5.92 Å². The molecule has 1 unspecified atom stereocenters. The number of unbranched alkanes of at least 4 members (excludes halogenated alkanes) is 2. The fraction of sp³-hybridized carbons (Fsp3) is 0.556. The lowest BCUT2D eigenvalue weighted by molar-refractivity contribution is 0.0230. The first-order valence-electron chi connectivity index (χ1n) is 7.94. The molecule has 1 atom stereocenters. The number of hydrogen-bond acceptors (Lipinski definition) is 4. The van der Waals surface area contributed by atoms with E-state index < -0.39 is 11.9 Å². The molecule has 0 spiro atoms. The molecule has 0 aliphatic rings. The first kappa shape index (κ1) is 18.2. The summed E-state index contributed by atoms with van der Waals surface area (Å²) in [5.74, 6) is -0.736. The molecule has 0 saturated heterocycles. The van der Waals surface area contributed by atoms with Gasteiger partial charge in [-0.2, -0.15) is 0 Å². The van der Waals surface area contributed by atoms with Gasteiger partial charge in [0.2, 0.25) is 0 Å². The summed E-state index contributed by atoms with van der Waals surface area (Å²) < 4.78 is 10.6. The molecule has 0 amide bonds. The van der Waals surface area contributed by atoms with E-state index in [0.717, 1.165) is 19.3 Å². The van der Waals surface area contributed by atoms with Crippen molar-refractivity contribution < 1.29 is 19.1 Å². The van der Waals surface area contributed by atoms with Crippen molar-refractivity contribution in [3.63, 3.8) is 0 Å². The molecule has 0 radical (unpaired) electrons. The normalized spacial score (nSPS) is 12.0. The minimum absolute atomic E-state index is 0.207. The SMILES string of the molecule is CCCCCOC(=O)c1ccccc1C(=O)OC(C)C(C)C. The molecular formula is C18H26O4. The van der Waals surface area contributed by atoms with Crippen LogP contribution in [0.25, 0.3) is 0 Å². The lowest BCUT2D eigenvalue weighted by Crippen LogP contribution is -2.22. The molecule has 22 heavy (non-hydrogen) atoms. The second-order valence-corrected chi connectivity index (χ2v) is 5.74. The predicted octanol–water partition coefficient (Wildman–Crippen LogP) is 4.23. The van der Waals surface area contributed by atoms with E-state index in [-0.39, 0.29) is 23.1 Å². The molecule has 1 rings (SSSR count). The first-order chi connectivity index (χ1) is 10.5. The van der Waals surface area contributed by atoms with Crippen LogP contribution in [-0.4, -0.2) is 24.6 Å². The molecule has 0 aliphatic heterocycles. The van der Waals surface area contributed by atoms with Gasteiger partial charge in [0.05, 0.1) is 17.7 Å². The Balaban J connectivity index is 2.76. The topological polar surface area (TPSA) is 52.6 Å². The summed E-state index contributed by atoms with van der Waals surface area (Å²) in [4.78, 5) is 24.4. The Morgan fingerprint density at radius 1 is 1.00 bits per heavy atom. The predicted molar refractivity (Wildman–Crippen MR) is 86.0 cm³/mol. The third-order valence-corrected chi connectivity index (χ3v) is 3.58. The van der Waals surface area contributed by atoms with Crippen LogP contribution in [0.5, 0.6) is 0 Å². The number of esters is 2. The van der Waals surface area contributed by atoms with Crippen LogP contribution in [0.3, 0.4) is 0 Å². The monoisotopic (exact) mass is 306 g/mol. The summed E-state index contributed by atoms with van der Waals surface area (Å²) in [6.45, 7) is 8.26. The van der Waals surface area contributed by atoms with Gasteiger partial charge in [-0.25, -0.2) is 9.59 Å². The van der Waals surface area contributed by atoms with E-state index in [2.05, 4.69) is 6.92 Å². The maximum atomic E-state index is 12.2. The Morgan fingerprint density at radius 2 is 1.59 bits per heavy atom. The Hall–Kier alpha value is -1.84. The maximum absolute atomic E-state index is 12.2. The molecule has 4 heteroatoms. The number of benzene rings is 1. The molecular weight excluding hydrogens is 280 g/mol. The van der Waals surface area contributed by atoms with Crippen molar-refractivity contribution in [2.24, 2.45) is 5.92 Å². The van der Waals surface area contributed by atoms with E-state index in [9.17, 15) is 9.59 Å². The third kappa shape index (κ3) is 5.51. The third-order valence-electron chi connectivity index (χ3n) is 3.58. The Bertz CT molecular complexity index is 494. The zero-order valence-corrected chi connectivity index (χ0v) is 13.9. The number of ether oxygens (including phenoxy) is 2. The zero-order valence-electron chi connectivity index (χ0n) is 13.9. The van der Waals surface area contributed by atoms with Crippen molar-refractivity contribution in [3.05, 3.63) is 35.4 Å². The van der Waals surface area contributed by atoms with Gasteiger partial charge in [0.15, 0.2) is 0 Å². The molecule has 1 aromatic rings. The average molecular weight is 306 g/mol. The first-order valence-corrected chi connectivity index (χ1v) is 7.94. The van der Waals surface area contributed by atoms with Gasteiger partial charge in [0.1, 0.15) is 6.10 Å². The van der Waals surface area contributed by atoms with Crippen molar-refractivity contribution in [2.75, 3.05) is 6.61 Å². The van der Waals surface area contributed by atoms with Gasteiger partial charge in [-0.15, -0.1) is 0 Å². The molecule has 0 aliphatic carbocycles. The van der Waals surface area contributed by atoms with E-state index in [0.29, 0.717) is 6.61 Å². The fourth-order valence-electron chi connectivity index (χ4n) is 1.80.